The lowest BCUT2D eigenvalue weighted by molar-refractivity contribution is -0.192. The molecule has 6 aromatic carbocycles. The number of rotatable bonds is 16. The van der Waals surface area contributed by atoms with Gasteiger partial charge < -0.3 is 62.3 Å². The third-order valence-corrected chi connectivity index (χ3v) is 22.0. The van der Waals surface area contributed by atoms with Crippen LogP contribution < -0.4 is 30.4 Å². The number of methoxy groups -OCH3 is 2. The molecule has 0 aliphatic carbocycles. The molecule has 10 heterocycles. The Kier molecular flexibility index (Phi) is 21.2. The summed E-state index contributed by atoms with van der Waals surface area (Å²) in [5.41, 5.74) is 6.28. The Morgan fingerprint density at radius 3 is 1.60 bits per heavy atom. The van der Waals surface area contributed by atoms with Gasteiger partial charge >= 0.3 is 35.8 Å². The molecule has 2 N–H and O–H groups in total. The number of aliphatic hydroxyl groups is 1. The zero-order valence-electron chi connectivity index (χ0n) is 62.1. The van der Waals surface area contributed by atoms with E-state index in [1.807, 2.05) is 44.2 Å². The van der Waals surface area contributed by atoms with Gasteiger partial charge in [-0.2, -0.15) is 0 Å². The van der Waals surface area contributed by atoms with E-state index in [-0.39, 0.29) is 85.9 Å². The summed E-state index contributed by atoms with van der Waals surface area (Å²) in [5, 5.41) is 22.1. The van der Waals surface area contributed by atoms with E-state index in [4.69, 9.17) is 78.0 Å². The SMILES string of the molecule is C=C=Nc1cccc2nc3c(cc12)Cn1c-3cc2c(c1=O)COC(=O)[C@]2(O)CC.COc1ccc2c(c1)C(CC(=O)OCC(=O)O)C(C)N2C(=O)c1ccc(Cl)cc1.[C-]#[N+]c1cccc2nc3c(cc12)Cn1c-3cc2c(c1=O)COC(=O)[C@@]2(CC)OC(=O)COC(=O)CC1c2cc(OC)ccc2N(C(=O)c2ccc(Cl)cc2)C1C. The number of aliphatic imine (C=N–C) groups is 1. The summed E-state index contributed by atoms with van der Waals surface area (Å²) in [5.74, 6) is -2.92. The second kappa shape index (κ2) is 31.2. The first-order chi connectivity index (χ1) is 54.8. The van der Waals surface area contributed by atoms with Crippen LogP contribution in [-0.2, 0) is 90.0 Å². The van der Waals surface area contributed by atoms with E-state index in [2.05, 4.69) is 22.3 Å². The topological polar surface area (TPSA) is 335 Å². The summed E-state index contributed by atoms with van der Waals surface area (Å²) in [6.45, 7) is 16.6. The molecule has 6 aliphatic rings. The highest BCUT2D eigenvalue weighted by Gasteiger charge is 2.52. The number of amides is 2. The van der Waals surface area contributed by atoms with Crippen molar-refractivity contribution in [3.8, 4) is 34.3 Å². The van der Waals surface area contributed by atoms with Crippen LogP contribution in [0.1, 0.15) is 130 Å². The number of anilines is 2. The molecule has 0 saturated heterocycles. The van der Waals surface area contributed by atoms with E-state index < -0.39 is 77.8 Å². The minimum Gasteiger partial charge on any atom is -0.497 e. The van der Waals surface area contributed by atoms with Gasteiger partial charge in [0.15, 0.2) is 24.5 Å². The number of fused-ring (bicyclic) bond motifs is 12. The van der Waals surface area contributed by atoms with Gasteiger partial charge in [0.1, 0.15) is 24.7 Å². The number of halogens is 2. The molecule has 0 fully saturated rings. The number of hydrogen-bond donors (Lipinski definition) is 2. The number of pyridine rings is 4. The Hall–Kier alpha value is -13.1. The minimum absolute atomic E-state index is 0.0565. The second-order valence-corrected chi connectivity index (χ2v) is 28.6. The number of carboxylic acids is 1. The van der Waals surface area contributed by atoms with E-state index in [9.17, 15) is 53.1 Å². The number of benzene rings is 6. The van der Waals surface area contributed by atoms with E-state index in [0.717, 1.165) is 27.6 Å². The fourth-order valence-electron chi connectivity index (χ4n) is 15.7. The smallest absolute Gasteiger partial charge is 0.355 e. The van der Waals surface area contributed by atoms with Gasteiger partial charge in [0.25, 0.3) is 22.9 Å². The summed E-state index contributed by atoms with van der Waals surface area (Å²) < 4.78 is 40.4. The molecule has 29 heteroatoms. The lowest BCUT2D eigenvalue weighted by Crippen LogP contribution is -2.48. The minimum atomic E-state index is -2.00. The molecule has 16 rings (SSSR count). The third kappa shape index (κ3) is 13.9. The Bertz CT molecular complexity index is 5970. The van der Waals surface area contributed by atoms with Crippen molar-refractivity contribution in [1.29, 1.82) is 0 Å². The lowest BCUT2D eigenvalue weighted by atomic mass is 9.85. The maximum atomic E-state index is 13.9. The van der Waals surface area contributed by atoms with Crippen molar-refractivity contribution in [3.05, 3.63) is 250 Å². The van der Waals surface area contributed by atoms with Crippen molar-refractivity contribution in [3.63, 3.8) is 0 Å². The fourth-order valence-corrected chi connectivity index (χ4v) is 15.9. The van der Waals surface area contributed by atoms with Crippen molar-refractivity contribution in [2.75, 3.05) is 37.2 Å². The number of cyclic esters (lactones) is 2. The first kappa shape index (κ1) is 77.6. The van der Waals surface area contributed by atoms with Gasteiger partial charge in [0.2, 0.25) is 5.60 Å². The number of ether oxygens (including phenoxy) is 7. The maximum absolute atomic E-state index is 13.9. The number of aromatic nitrogens is 4. The van der Waals surface area contributed by atoms with Crippen LogP contribution in [0.5, 0.6) is 11.5 Å². The van der Waals surface area contributed by atoms with E-state index >= 15 is 0 Å². The Morgan fingerprint density at radius 2 is 1.11 bits per heavy atom. The van der Waals surface area contributed by atoms with E-state index in [1.54, 1.807) is 143 Å². The summed E-state index contributed by atoms with van der Waals surface area (Å²) in [6, 6.07) is 40.8. The first-order valence-electron chi connectivity index (χ1n) is 36.1. The lowest BCUT2D eigenvalue weighted by Gasteiger charge is -2.35. The van der Waals surface area contributed by atoms with Gasteiger partial charge in [-0.3, -0.25) is 28.8 Å². The second-order valence-electron chi connectivity index (χ2n) is 27.7. The molecule has 0 bridgehead atoms. The van der Waals surface area contributed by atoms with Crippen molar-refractivity contribution in [1.82, 2.24) is 19.1 Å². The summed E-state index contributed by atoms with van der Waals surface area (Å²) in [6.07, 6.45) is -0.213. The number of carbonyl (C=O) groups is 8. The normalized spacial score (nSPS) is 18.6. The van der Waals surface area contributed by atoms with Crippen molar-refractivity contribution >= 4 is 121 Å². The number of hydrogen-bond acceptors (Lipinski definition) is 21. The van der Waals surface area contributed by atoms with E-state index in [1.165, 1.54) is 18.8 Å². The van der Waals surface area contributed by atoms with Gasteiger partial charge in [0.05, 0.1) is 97.3 Å². The molecule has 27 nitrogen and oxygen atoms in total. The molecule has 10 aromatic rings. The number of nitrogens with zero attached hydrogens (tertiary/aromatic N) is 8. The Labute approximate surface area is 659 Å². The monoisotopic (exact) mass is 1580 g/mol. The average Bonchev–Trinajstić information content (AvgIpc) is 1.45. The molecule has 2 amide bonds. The highest BCUT2D eigenvalue weighted by atomic mass is 35.5. The molecule has 114 heavy (non-hydrogen) atoms. The number of aliphatic carboxylic acids is 1. The Balaban J connectivity index is 0.000000156. The van der Waals surface area contributed by atoms with Gasteiger partial charge in [0, 0.05) is 83.9 Å². The van der Waals surface area contributed by atoms with Crippen LogP contribution in [0.3, 0.4) is 0 Å². The van der Waals surface area contributed by atoms with Crippen LogP contribution in [0.4, 0.5) is 22.7 Å². The largest absolute Gasteiger partial charge is 0.497 e. The van der Waals surface area contributed by atoms with Crippen LogP contribution in [-0.4, -0.2) is 122 Å². The standard InChI is InChI=1S/C42H33ClN4O9.C22H17N3O4.C21H20ClNO6/c1-5-42(31-18-35-38-24(15-29-32(44-3)7-6-8-33(29)45-38)19-46(35)40(51)30(31)20-55-41(42)52)56-37(49)21-54-36(48)17-27-22(2)47(34-14-13-26(53-4)16-28(27)34)39(50)23-9-11-25(43)12-10-23;1-3-22(28)15-9-18-19-12(10-25(18)20(26)14(15)11-29-21(22)27)8-13-16(23-4-2)6-5-7-17(13)24-19;1-12-16(10-20(26)29-11-19(24)25)17-9-15(28-2)7-8-18(17)23(12)21(27)13-3-5-14(22)6-4-13/h6-16,18,22,27H,5,17,19-21H2,1-2,4H3;5-9,28H,2-3,10-11H2,1H3;3-9,12,16H,10-11H2,1-2H3,(H,24,25)/t22?,27?,42-;22-;/m00./s1. The molecule has 0 spiro atoms. The highest BCUT2D eigenvalue weighted by Crippen LogP contribution is 2.49. The van der Waals surface area contributed by atoms with Gasteiger partial charge in [-0.1, -0.05) is 61.3 Å². The molecular weight excluding hydrogens is 1510 g/mol. The number of esters is 5. The molecule has 4 unspecified atom stereocenters. The Morgan fingerprint density at radius 1 is 0.623 bits per heavy atom. The third-order valence-electron chi connectivity index (χ3n) is 21.5. The zero-order valence-corrected chi connectivity index (χ0v) is 63.6. The quantitative estimate of drug-likeness (QED) is 0.0393. The van der Waals surface area contributed by atoms with Gasteiger partial charge in [-0.15, -0.1) is 0 Å². The van der Waals surface area contributed by atoms with Crippen molar-refractivity contribution < 1.29 is 81.7 Å². The molecule has 0 radical (unpaired) electrons. The zero-order chi connectivity index (χ0) is 80.9. The first-order valence-corrected chi connectivity index (χ1v) is 36.9. The molecular formula is C85H70Cl2N8O19. The molecule has 6 aliphatic heterocycles. The van der Waals surface area contributed by atoms with Crippen LogP contribution in [0.15, 0.2) is 167 Å². The van der Waals surface area contributed by atoms with Crippen molar-refractivity contribution in [2.24, 2.45) is 4.99 Å². The van der Waals surface area contributed by atoms with Crippen LogP contribution in [0.2, 0.25) is 10.0 Å². The summed E-state index contributed by atoms with van der Waals surface area (Å²) in [7, 11) is 3.05. The average molecular weight is 1580 g/mol. The molecule has 6 atom stereocenters. The predicted molar refractivity (Wildman–Crippen MR) is 418 cm³/mol. The maximum Gasteiger partial charge on any atom is 0.355 e. The van der Waals surface area contributed by atoms with Gasteiger partial charge in [-0.25, -0.2) is 39.0 Å². The molecule has 578 valence electrons. The van der Waals surface area contributed by atoms with Crippen LogP contribution in [0.25, 0.3) is 49.4 Å². The fraction of sp³-hybridized carbons (Fsp3) is 0.259. The van der Waals surface area contributed by atoms with Crippen LogP contribution >= 0.6 is 23.2 Å². The summed E-state index contributed by atoms with van der Waals surface area (Å²) in [4.78, 5) is 150. The molecule has 4 aromatic heterocycles. The number of carboxylic acid groups (broad SMARTS) is 1. The highest BCUT2D eigenvalue weighted by molar-refractivity contribution is 6.31. The van der Waals surface area contributed by atoms with Crippen LogP contribution in [0, 0.1) is 6.57 Å². The van der Waals surface area contributed by atoms with Crippen molar-refractivity contribution in [2.45, 2.75) is 115 Å². The van der Waals surface area contributed by atoms with Gasteiger partial charge in [-0.05, 0) is 177 Å². The van der Waals surface area contributed by atoms with E-state index in [0.29, 0.717) is 112 Å². The summed E-state index contributed by atoms with van der Waals surface area (Å²) >= 11 is 12.0. The molecule has 0 saturated carbocycles. The number of carbonyl (C=O) groups excluding carboxylic acids is 7. The predicted octanol–water partition coefficient (Wildman–Crippen LogP) is 12.7.